The Labute approximate surface area is 131 Å². The largest absolute Gasteiger partial charge is 0.325 e. The van der Waals surface area contributed by atoms with Gasteiger partial charge in [0.05, 0.1) is 5.69 Å². The van der Waals surface area contributed by atoms with Crippen LogP contribution in [0.1, 0.15) is 34.1 Å². The van der Waals surface area contributed by atoms with E-state index in [9.17, 15) is 4.79 Å². The lowest BCUT2D eigenvalue weighted by molar-refractivity contribution is 0.102. The number of nitrogens with two attached hydrogens (primary N) is 1. The lowest BCUT2D eigenvalue weighted by Crippen LogP contribution is -2.15. The second-order valence-electron chi connectivity index (χ2n) is 4.66. The number of aromatic nitrogens is 1. The number of amides is 1. The summed E-state index contributed by atoms with van der Waals surface area (Å²) in [7, 11) is 0. The Bertz CT molecular complexity index is 629. The maximum absolute atomic E-state index is 12.3. The zero-order valence-electron chi connectivity index (χ0n) is 12.2. The molecule has 0 spiro atoms. The molecule has 2 aromatic rings. The van der Waals surface area contributed by atoms with Gasteiger partial charge in [-0.2, -0.15) is 0 Å². The first-order valence-corrected chi connectivity index (χ1v) is 6.70. The summed E-state index contributed by atoms with van der Waals surface area (Å²) in [5.74, 6) is -0.133. The van der Waals surface area contributed by atoms with Gasteiger partial charge in [0.2, 0.25) is 0 Å². The van der Waals surface area contributed by atoms with Crippen LogP contribution < -0.4 is 11.1 Å². The summed E-state index contributed by atoms with van der Waals surface area (Å²) >= 11 is 0. The van der Waals surface area contributed by atoms with Gasteiger partial charge in [0.15, 0.2) is 0 Å². The van der Waals surface area contributed by atoms with E-state index in [1.54, 1.807) is 18.3 Å². The molecule has 1 aromatic heterocycles. The summed E-state index contributed by atoms with van der Waals surface area (Å²) in [5, 5.41) is 2.99. The molecule has 0 unspecified atom stereocenters. The molecular formula is C16H20ClN3O. The third kappa shape index (κ3) is 4.03. The Morgan fingerprint density at radius 3 is 2.76 bits per heavy atom. The number of nitrogens with zero attached hydrogens (tertiary/aromatic N) is 1. The van der Waals surface area contributed by atoms with Crippen LogP contribution in [0, 0.1) is 6.92 Å². The molecule has 112 valence electrons. The monoisotopic (exact) mass is 305 g/mol. The first kappa shape index (κ1) is 17.1. The number of anilines is 1. The molecule has 1 heterocycles. The summed E-state index contributed by atoms with van der Waals surface area (Å²) in [6.45, 7) is 4.39. The zero-order valence-corrected chi connectivity index (χ0v) is 13.0. The van der Waals surface area contributed by atoms with E-state index in [2.05, 4.69) is 17.2 Å². The standard InChI is InChI=1S/C16H19N3O.ClH/c1-3-12-6-4-5-11(2)15(12)19-16(20)13-7-8-18-14(9-13)10-17;/h4-9H,3,10,17H2,1-2H3,(H,19,20);1H. The minimum absolute atomic E-state index is 0. The molecule has 0 atom stereocenters. The summed E-state index contributed by atoms with van der Waals surface area (Å²) in [5.41, 5.74) is 9.91. The molecule has 0 saturated heterocycles. The predicted molar refractivity (Wildman–Crippen MR) is 87.9 cm³/mol. The Hall–Kier alpha value is -1.91. The van der Waals surface area contributed by atoms with Crippen LogP contribution in [0.3, 0.4) is 0 Å². The molecule has 0 aliphatic carbocycles. The van der Waals surface area contributed by atoms with Crippen LogP contribution in [0.5, 0.6) is 0 Å². The average Bonchev–Trinajstić information content (AvgIpc) is 2.49. The van der Waals surface area contributed by atoms with Gasteiger partial charge in [0, 0.05) is 24.0 Å². The first-order valence-electron chi connectivity index (χ1n) is 6.70. The highest BCUT2D eigenvalue weighted by atomic mass is 35.5. The molecular weight excluding hydrogens is 286 g/mol. The smallest absolute Gasteiger partial charge is 0.255 e. The van der Waals surface area contributed by atoms with Crippen LogP contribution in [0.4, 0.5) is 5.69 Å². The molecule has 5 heteroatoms. The summed E-state index contributed by atoms with van der Waals surface area (Å²) < 4.78 is 0. The summed E-state index contributed by atoms with van der Waals surface area (Å²) in [6.07, 6.45) is 2.48. The maximum Gasteiger partial charge on any atom is 0.255 e. The van der Waals surface area contributed by atoms with Crippen LogP contribution >= 0.6 is 12.4 Å². The molecule has 1 aromatic carbocycles. The maximum atomic E-state index is 12.3. The van der Waals surface area contributed by atoms with Crippen molar-refractivity contribution in [2.24, 2.45) is 5.73 Å². The fraction of sp³-hybridized carbons (Fsp3) is 0.250. The number of carbonyl (C=O) groups excluding carboxylic acids is 1. The normalized spacial score (nSPS) is 9.86. The minimum Gasteiger partial charge on any atom is -0.325 e. The van der Waals surface area contributed by atoms with Gasteiger partial charge in [-0.05, 0) is 36.6 Å². The molecule has 1 amide bonds. The molecule has 3 N–H and O–H groups in total. The molecule has 0 aliphatic rings. The van der Waals surface area contributed by atoms with E-state index in [4.69, 9.17) is 5.73 Å². The Morgan fingerprint density at radius 1 is 1.33 bits per heavy atom. The van der Waals surface area contributed by atoms with E-state index in [0.717, 1.165) is 23.2 Å². The van der Waals surface area contributed by atoms with Gasteiger partial charge < -0.3 is 11.1 Å². The number of benzene rings is 1. The number of aryl methyl sites for hydroxylation is 2. The lowest BCUT2D eigenvalue weighted by Gasteiger charge is -2.13. The molecule has 2 rings (SSSR count). The number of rotatable bonds is 4. The van der Waals surface area contributed by atoms with Crippen LogP contribution in [-0.2, 0) is 13.0 Å². The second-order valence-corrected chi connectivity index (χ2v) is 4.66. The quantitative estimate of drug-likeness (QED) is 0.912. The van der Waals surface area contributed by atoms with Gasteiger partial charge in [-0.3, -0.25) is 9.78 Å². The van der Waals surface area contributed by atoms with Gasteiger partial charge in [0.25, 0.3) is 5.91 Å². The molecule has 0 bridgehead atoms. The fourth-order valence-corrected chi connectivity index (χ4v) is 2.12. The van der Waals surface area contributed by atoms with Gasteiger partial charge in [-0.25, -0.2) is 0 Å². The highest BCUT2D eigenvalue weighted by Gasteiger charge is 2.11. The number of para-hydroxylation sites is 1. The Morgan fingerprint density at radius 2 is 2.10 bits per heavy atom. The van der Waals surface area contributed by atoms with Crippen molar-refractivity contribution in [2.45, 2.75) is 26.8 Å². The van der Waals surface area contributed by atoms with Gasteiger partial charge in [0.1, 0.15) is 0 Å². The van der Waals surface area contributed by atoms with E-state index >= 15 is 0 Å². The Kier molecular flexibility index (Phi) is 6.34. The summed E-state index contributed by atoms with van der Waals surface area (Å²) in [6, 6.07) is 9.44. The predicted octanol–water partition coefficient (Wildman–Crippen LogP) is 3.09. The minimum atomic E-state index is -0.133. The van der Waals surface area contributed by atoms with Crippen molar-refractivity contribution in [2.75, 3.05) is 5.32 Å². The number of hydrogen-bond donors (Lipinski definition) is 2. The van der Waals surface area contributed by atoms with Crippen molar-refractivity contribution in [3.63, 3.8) is 0 Å². The number of hydrogen-bond acceptors (Lipinski definition) is 3. The Balaban J connectivity index is 0.00000220. The summed E-state index contributed by atoms with van der Waals surface area (Å²) in [4.78, 5) is 16.4. The van der Waals surface area contributed by atoms with Gasteiger partial charge in [-0.1, -0.05) is 25.1 Å². The highest BCUT2D eigenvalue weighted by Crippen LogP contribution is 2.21. The van der Waals surface area contributed by atoms with E-state index in [-0.39, 0.29) is 18.3 Å². The first-order chi connectivity index (χ1) is 9.65. The zero-order chi connectivity index (χ0) is 14.5. The van der Waals surface area contributed by atoms with Crippen molar-refractivity contribution in [1.29, 1.82) is 0 Å². The van der Waals surface area contributed by atoms with Crippen molar-refractivity contribution < 1.29 is 4.79 Å². The molecule has 0 saturated carbocycles. The molecule has 0 radical (unpaired) electrons. The van der Waals surface area contributed by atoms with Crippen LogP contribution in [0.25, 0.3) is 0 Å². The number of nitrogens with one attached hydrogen (secondary N) is 1. The fourth-order valence-electron chi connectivity index (χ4n) is 2.12. The van der Waals surface area contributed by atoms with Crippen LogP contribution in [0.2, 0.25) is 0 Å². The molecule has 0 aliphatic heterocycles. The van der Waals surface area contributed by atoms with Crippen LogP contribution in [0.15, 0.2) is 36.5 Å². The number of carbonyl (C=O) groups is 1. The van der Waals surface area contributed by atoms with Crippen molar-refractivity contribution in [1.82, 2.24) is 4.98 Å². The van der Waals surface area contributed by atoms with Crippen molar-refractivity contribution in [3.8, 4) is 0 Å². The highest BCUT2D eigenvalue weighted by molar-refractivity contribution is 6.05. The van der Waals surface area contributed by atoms with E-state index in [1.807, 2.05) is 25.1 Å². The number of pyridine rings is 1. The molecule has 21 heavy (non-hydrogen) atoms. The van der Waals surface area contributed by atoms with E-state index < -0.39 is 0 Å². The van der Waals surface area contributed by atoms with Gasteiger partial charge >= 0.3 is 0 Å². The lowest BCUT2D eigenvalue weighted by atomic mass is 10.1. The average molecular weight is 306 g/mol. The van der Waals surface area contributed by atoms with E-state index in [1.165, 1.54) is 0 Å². The van der Waals surface area contributed by atoms with Gasteiger partial charge in [-0.15, -0.1) is 12.4 Å². The SMILES string of the molecule is CCc1cccc(C)c1NC(=O)c1ccnc(CN)c1.Cl. The third-order valence-electron chi connectivity index (χ3n) is 3.27. The second kappa shape index (κ2) is 7.76. The molecule has 0 fully saturated rings. The van der Waals surface area contributed by atoms with E-state index in [0.29, 0.717) is 17.8 Å². The van der Waals surface area contributed by atoms with Crippen molar-refractivity contribution >= 4 is 24.0 Å². The molecule has 4 nitrogen and oxygen atoms in total. The third-order valence-corrected chi connectivity index (χ3v) is 3.27. The van der Waals surface area contributed by atoms with Crippen LogP contribution in [-0.4, -0.2) is 10.9 Å². The van der Waals surface area contributed by atoms with Crippen molar-refractivity contribution in [3.05, 3.63) is 58.9 Å². The number of halogens is 1. The topological polar surface area (TPSA) is 68.0 Å².